The highest BCUT2D eigenvalue weighted by molar-refractivity contribution is 6.77. The molecule has 0 saturated heterocycles. The Hall–Kier alpha value is -0.762. The van der Waals surface area contributed by atoms with Crippen molar-refractivity contribution in [1.82, 2.24) is 0 Å². The lowest BCUT2D eigenvalue weighted by Crippen LogP contribution is -2.63. The first-order valence-electron chi connectivity index (χ1n) is 15.4. The maximum absolute atomic E-state index is 14.7. The van der Waals surface area contributed by atoms with E-state index >= 15 is 0 Å². The molecule has 0 bridgehead atoms. The first kappa shape index (κ1) is 41.2. The fourth-order valence-corrected chi connectivity index (χ4v) is 7.44. The molecule has 0 aliphatic heterocycles. The van der Waals surface area contributed by atoms with Crippen molar-refractivity contribution >= 4 is 51.2 Å². The van der Waals surface area contributed by atoms with Gasteiger partial charge in [-0.1, -0.05) is 83.1 Å². The summed E-state index contributed by atoms with van der Waals surface area (Å²) in [6.45, 7) is 42.3. The monoisotopic (exact) mass is 662 g/mol. The summed E-state index contributed by atoms with van der Waals surface area (Å²) in [5, 5.41) is -1.09. The minimum absolute atomic E-state index is 0.236. The van der Waals surface area contributed by atoms with Gasteiger partial charge in [-0.25, -0.2) is 0 Å². The molecule has 0 fully saturated rings. The molecule has 0 radical (unpaired) electrons. The van der Waals surface area contributed by atoms with E-state index in [1.807, 2.05) is 73.1 Å². The molecule has 0 heterocycles. The normalized spacial score (nSPS) is 16.8. The molecule has 2 unspecified atom stereocenters. The van der Waals surface area contributed by atoms with Crippen molar-refractivity contribution in [3.63, 3.8) is 0 Å². The maximum atomic E-state index is 14.7. The van der Waals surface area contributed by atoms with E-state index in [9.17, 15) is 14.4 Å². The van der Waals surface area contributed by atoms with Crippen molar-refractivity contribution in [3.05, 3.63) is 0 Å². The molecule has 7 nitrogen and oxygen atoms in total. The summed E-state index contributed by atoms with van der Waals surface area (Å²) in [5.41, 5.74) is -1.91. The minimum Gasteiger partial charge on any atom is -0.519 e. The minimum atomic E-state index is -2.77. The fraction of sp³-hybridized carbons (Fsp3) is 0.903. The summed E-state index contributed by atoms with van der Waals surface area (Å²) >= 11 is 0. The van der Waals surface area contributed by atoms with Crippen LogP contribution in [0.4, 0.5) is 0 Å². The molecule has 0 aromatic rings. The number of carbonyl (C=O) groups excluding carboxylic acids is 3. The predicted octanol–water partition coefficient (Wildman–Crippen LogP) is 9.42. The van der Waals surface area contributed by atoms with Crippen LogP contribution in [0.1, 0.15) is 96.4 Å². The van der Waals surface area contributed by atoms with E-state index in [0.29, 0.717) is 0 Å². The van der Waals surface area contributed by atoms with Crippen LogP contribution in [0.25, 0.3) is 0 Å². The zero-order chi connectivity index (χ0) is 34.3. The quantitative estimate of drug-likeness (QED) is 0.215. The van der Waals surface area contributed by atoms with Crippen molar-refractivity contribution in [2.24, 2.45) is 5.92 Å². The van der Waals surface area contributed by atoms with Gasteiger partial charge in [0.05, 0.1) is 12.3 Å². The third-order valence-electron chi connectivity index (χ3n) is 10.5. The molecule has 0 aliphatic rings. The molecule has 42 heavy (non-hydrogen) atoms. The topological polar surface area (TPSA) is 88.1 Å². The average molecular weight is 663 g/mol. The van der Waals surface area contributed by atoms with Gasteiger partial charge in [0, 0.05) is 0 Å². The summed E-state index contributed by atoms with van der Waals surface area (Å²) in [6.07, 6.45) is -0.423. The van der Waals surface area contributed by atoms with Crippen molar-refractivity contribution in [1.29, 1.82) is 0 Å². The second kappa shape index (κ2) is 12.6. The molecule has 0 N–H and O–H groups in total. The lowest BCUT2D eigenvalue weighted by molar-refractivity contribution is -0.173. The number of rotatable bonds is 10. The van der Waals surface area contributed by atoms with Crippen LogP contribution >= 0.6 is 0 Å². The van der Waals surface area contributed by atoms with E-state index in [1.54, 1.807) is 6.92 Å². The summed E-state index contributed by atoms with van der Waals surface area (Å²) in [7, 11) is -10.6. The van der Waals surface area contributed by atoms with E-state index in [2.05, 4.69) is 62.3 Å². The Morgan fingerprint density at radius 2 is 0.833 bits per heavy atom. The third-order valence-corrected chi connectivity index (χ3v) is 28.0. The van der Waals surface area contributed by atoms with Gasteiger partial charge in [-0.2, -0.15) is 0 Å². The molecule has 0 aliphatic carbocycles. The standard InChI is InChI=1S/C31H66O7Si4/c1-23(25(33)36-40(16,17)28(5,6)7)31(38-42(20,21)30(11,12)13,26(34)37-41(18,19)29(8,9)10)22-24(32)35-39(14,15)27(2,3)4/h23H,22H2,1-21H3. The maximum Gasteiger partial charge on any atom is 0.325 e. The van der Waals surface area contributed by atoms with Crippen molar-refractivity contribution < 1.29 is 32.1 Å². The van der Waals surface area contributed by atoms with Crippen molar-refractivity contribution in [3.8, 4) is 0 Å². The van der Waals surface area contributed by atoms with Gasteiger partial charge in [0.1, 0.15) is 0 Å². The van der Waals surface area contributed by atoms with Gasteiger partial charge in [-0.15, -0.1) is 0 Å². The van der Waals surface area contributed by atoms with E-state index < -0.39 is 69.1 Å². The van der Waals surface area contributed by atoms with Crippen LogP contribution in [0.5, 0.6) is 0 Å². The Morgan fingerprint density at radius 3 is 1.17 bits per heavy atom. The van der Waals surface area contributed by atoms with E-state index in [4.69, 9.17) is 17.7 Å². The highest BCUT2D eigenvalue weighted by Crippen LogP contribution is 2.46. The lowest BCUT2D eigenvalue weighted by atomic mass is 9.86. The van der Waals surface area contributed by atoms with Crippen LogP contribution in [0.15, 0.2) is 0 Å². The smallest absolute Gasteiger partial charge is 0.325 e. The summed E-state index contributed by atoms with van der Waals surface area (Å²) < 4.78 is 25.8. The molecule has 0 aromatic carbocycles. The van der Waals surface area contributed by atoms with E-state index in [1.165, 1.54) is 0 Å². The predicted molar refractivity (Wildman–Crippen MR) is 185 cm³/mol. The van der Waals surface area contributed by atoms with Gasteiger partial charge in [-0.3, -0.25) is 14.4 Å². The Balaban J connectivity index is 7.41. The molecule has 2 atom stereocenters. The zero-order valence-corrected chi connectivity index (χ0v) is 35.1. The molecule has 11 heteroatoms. The zero-order valence-electron chi connectivity index (χ0n) is 31.1. The highest BCUT2D eigenvalue weighted by Gasteiger charge is 2.59. The second-order valence-corrected chi connectivity index (χ2v) is 37.1. The fourth-order valence-electron chi connectivity index (χ4n) is 3.02. The Labute approximate surface area is 263 Å². The van der Waals surface area contributed by atoms with Crippen LogP contribution in [0.3, 0.4) is 0 Å². The first-order valence-corrected chi connectivity index (χ1v) is 27.0. The first-order chi connectivity index (χ1) is 18.0. The second-order valence-electron chi connectivity index (χ2n) is 18.2. The van der Waals surface area contributed by atoms with Gasteiger partial charge in [0.2, 0.25) is 0 Å². The van der Waals surface area contributed by atoms with Crippen molar-refractivity contribution in [2.75, 3.05) is 0 Å². The molecule has 0 saturated carbocycles. The molecular formula is C31H66O7Si4. The largest absolute Gasteiger partial charge is 0.519 e. The van der Waals surface area contributed by atoms with Crippen LogP contribution in [-0.4, -0.2) is 56.8 Å². The van der Waals surface area contributed by atoms with E-state index in [0.717, 1.165) is 0 Å². The van der Waals surface area contributed by atoms with Gasteiger partial charge in [0.15, 0.2) is 13.9 Å². The Morgan fingerprint density at radius 1 is 0.524 bits per heavy atom. The Bertz CT molecular complexity index is 991. The summed E-state index contributed by atoms with van der Waals surface area (Å²) in [4.78, 5) is 42.6. The molecular weight excluding hydrogens is 597 g/mol. The van der Waals surface area contributed by atoms with Crippen LogP contribution < -0.4 is 0 Å². The van der Waals surface area contributed by atoms with Gasteiger partial charge in [0.25, 0.3) is 36.9 Å². The number of carbonyl (C=O) groups is 3. The molecule has 0 amide bonds. The third kappa shape index (κ3) is 9.62. The molecule has 0 spiro atoms. The lowest BCUT2D eigenvalue weighted by Gasteiger charge is -2.48. The summed E-state index contributed by atoms with van der Waals surface area (Å²) in [5.74, 6) is -2.89. The average Bonchev–Trinajstić information content (AvgIpc) is 2.67. The van der Waals surface area contributed by atoms with Crippen LogP contribution in [0, 0.1) is 5.92 Å². The van der Waals surface area contributed by atoms with Gasteiger partial charge >= 0.3 is 5.97 Å². The molecule has 0 aromatic heterocycles. The van der Waals surface area contributed by atoms with E-state index in [-0.39, 0.29) is 20.2 Å². The molecule has 248 valence electrons. The van der Waals surface area contributed by atoms with Crippen LogP contribution in [0.2, 0.25) is 72.5 Å². The highest BCUT2D eigenvalue weighted by atomic mass is 28.4. The Kier molecular flexibility index (Phi) is 12.3. The number of hydrogen-bond donors (Lipinski definition) is 0. The molecule has 0 rings (SSSR count). The van der Waals surface area contributed by atoms with Gasteiger partial charge in [-0.05, 0) is 79.5 Å². The van der Waals surface area contributed by atoms with Crippen LogP contribution in [-0.2, 0) is 32.1 Å². The van der Waals surface area contributed by atoms with Crippen molar-refractivity contribution in [2.45, 2.75) is 175 Å². The SMILES string of the molecule is CC(C(=O)O[Si](C)(C)C(C)(C)C)C(CC(=O)O[Si](C)(C)C(C)(C)C)(O[Si](C)(C)C(C)(C)C)C(=O)O[Si](C)(C)C(C)(C)C. The number of hydrogen-bond acceptors (Lipinski definition) is 7. The summed E-state index contributed by atoms with van der Waals surface area (Å²) in [6, 6.07) is 0. The van der Waals surface area contributed by atoms with Gasteiger partial charge < -0.3 is 17.7 Å².